The molecule has 0 fully saturated rings. The van der Waals surface area contributed by atoms with Gasteiger partial charge in [0.25, 0.3) is 11.6 Å². The van der Waals surface area contributed by atoms with E-state index >= 15 is 0 Å². The number of nitrogens with one attached hydrogen (secondary N) is 1. The molecule has 0 aliphatic heterocycles. The quantitative estimate of drug-likeness (QED) is 0.498. The van der Waals surface area contributed by atoms with Crippen LogP contribution in [0.15, 0.2) is 18.2 Å². The summed E-state index contributed by atoms with van der Waals surface area (Å²) in [4.78, 5) is 22.1. The number of non-ortho nitro benzene ring substituents is 1. The summed E-state index contributed by atoms with van der Waals surface area (Å²) in [6.45, 7) is 1.85. The molecule has 1 amide bonds. The van der Waals surface area contributed by atoms with E-state index in [9.17, 15) is 14.9 Å². The van der Waals surface area contributed by atoms with Crippen molar-refractivity contribution in [1.29, 1.82) is 0 Å². The minimum Gasteiger partial charge on any atom is -0.496 e. The topological polar surface area (TPSA) is 81.5 Å². The molecule has 19 heavy (non-hydrogen) atoms. The smallest absolute Gasteiger partial charge is 0.273 e. The van der Waals surface area contributed by atoms with Gasteiger partial charge in [0, 0.05) is 6.07 Å². The van der Waals surface area contributed by atoms with Gasteiger partial charge >= 0.3 is 0 Å². The number of carbonyl (C=O) groups is 1. The average molecular weight is 262 g/mol. The summed E-state index contributed by atoms with van der Waals surface area (Å²) in [7, 11) is 1.34. The van der Waals surface area contributed by atoms with E-state index in [4.69, 9.17) is 11.2 Å². The fourth-order valence-corrected chi connectivity index (χ4v) is 1.48. The minimum absolute atomic E-state index is 0.138. The maximum Gasteiger partial charge on any atom is 0.273 e. The van der Waals surface area contributed by atoms with Crippen molar-refractivity contribution >= 4 is 11.6 Å². The second-order valence-electron chi connectivity index (χ2n) is 3.74. The van der Waals surface area contributed by atoms with E-state index in [1.807, 2.05) is 6.92 Å². The monoisotopic (exact) mass is 262 g/mol. The predicted octanol–water partition coefficient (Wildman–Crippen LogP) is 1.74. The van der Waals surface area contributed by atoms with Crippen LogP contribution in [0.2, 0.25) is 0 Å². The van der Waals surface area contributed by atoms with Crippen LogP contribution in [0.25, 0.3) is 0 Å². The number of carbonyl (C=O) groups excluding carboxylic acids is 1. The zero-order chi connectivity index (χ0) is 14.4. The number of rotatable bonds is 5. The van der Waals surface area contributed by atoms with Gasteiger partial charge in [-0.2, -0.15) is 0 Å². The zero-order valence-corrected chi connectivity index (χ0v) is 10.7. The molecular formula is C13H14N2O4. The Morgan fingerprint density at radius 2 is 2.32 bits per heavy atom. The van der Waals surface area contributed by atoms with Crippen LogP contribution >= 0.6 is 0 Å². The number of amides is 1. The SMILES string of the molecule is C#CC(CC)NC(=O)c1ccc([N+](=O)[O-])cc1OC. The molecule has 6 nitrogen and oxygen atoms in total. The van der Waals surface area contributed by atoms with Gasteiger partial charge < -0.3 is 10.1 Å². The summed E-state index contributed by atoms with van der Waals surface area (Å²) in [5.41, 5.74) is 0.0687. The number of hydrogen-bond donors (Lipinski definition) is 1. The van der Waals surface area contributed by atoms with Gasteiger partial charge in [0.2, 0.25) is 0 Å². The van der Waals surface area contributed by atoms with Crippen molar-refractivity contribution in [2.24, 2.45) is 0 Å². The number of benzene rings is 1. The van der Waals surface area contributed by atoms with Crippen molar-refractivity contribution in [3.63, 3.8) is 0 Å². The fraction of sp³-hybridized carbons (Fsp3) is 0.308. The van der Waals surface area contributed by atoms with Gasteiger partial charge in [-0.15, -0.1) is 6.42 Å². The van der Waals surface area contributed by atoms with Gasteiger partial charge in [-0.1, -0.05) is 12.8 Å². The summed E-state index contributed by atoms with van der Waals surface area (Å²) in [5.74, 6) is 2.16. The summed E-state index contributed by atoms with van der Waals surface area (Å²) >= 11 is 0. The first-order chi connectivity index (χ1) is 9.03. The number of ether oxygens (including phenoxy) is 1. The molecule has 0 spiro atoms. The third kappa shape index (κ3) is 3.45. The lowest BCUT2D eigenvalue weighted by Crippen LogP contribution is -2.33. The largest absolute Gasteiger partial charge is 0.496 e. The van der Waals surface area contributed by atoms with Gasteiger partial charge in [-0.25, -0.2) is 0 Å². The third-order valence-corrected chi connectivity index (χ3v) is 2.56. The van der Waals surface area contributed by atoms with E-state index in [1.165, 1.54) is 25.3 Å². The summed E-state index contributed by atoms with van der Waals surface area (Å²) < 4.78 is 4.99. The Kier molecular flexibility index (Phi) is 4.89. The van der Waals surface area contributed by atoms with Gasteiger partial charge in [0.1, 0.15) is 5.75 Å². The van der Waals surface area contributed by atoms with E-state index in [0.717, 1.165) is 0 Å². The molecule has 0 aliphatic carbocycles. The van der Waals surface area contributed by atoms with Crippen LogP contribution in [0.1, 0.15) is 23.7 Å². The van der Waals surface area contributed by atoms with Gasteiger partial charge in [0.15, 0.2) is 0 Å². The lowest BCUT2D eigenvalue weighted by atomic mass is 10.1. The molecule has 1 N–H and O–H groups in total. The Morgan fingerprint density at radius 3 is 2.79 bits per heavy atom. The molecular weight excluding hydrogens is 248 g/mol. The molecule has 6 heteroatoms. The highest BCUT2D eigenvalue weighted by Crippen LogP contribution is 2.24. The van der Waals surface area contributed by atoms with Crippen LogP contribution < -0.4 is 10.1 Å². The van der Waals surface area contributed by atoms with Crippen molar-refractivity contribution in [1.82, 2.24) is 5.32 Å². The summed E-state index contributed by atoms with van der Waals surface area (Å²) in [5, 5.41) is 13.3. The van der Waals surface area contributed by atoms with Crippen LogP contribution in [-0.2, 0) is 0 Å². The number of methoxy groups -OCH3 is 1. The molecule has 1 unspecified atom stereocenters. The van der Waals surface area contributed by atoms with Gasteiger partial charge in [-0.05, 0) is 12.5 Å². The van der Waals surface area contributed by atoms with Crippen LogP contribution in [-0.4, -0.2) is 24.0 Å². The van der Waals surface area contributed by atoms with E-state index in [0.29, 0.717) is 6.42 Å². The van der Waals surface area contributed by atoms with Crippen LogP contribution in [0, 0.1) is 22.5 Å². The van der Waals surface area contributed by atoms with Crippen LogP contribution in [0.4, 0.5) is 5.69 Å². The molecule has 0 saturated carbocycles. The van der Waals surface area contributed by atoms with E-state index < -0.39 is 10.8 Å². The molecule has 0 bridgehead atoms. The second kappa shape index (κ2) is 6.40. The molecule has 0 radical (unpaired) electrons. The first-order valence-corrected chi connectivity index (χ1v) is 5.62. The highest BCUT2D eigenvalue weighted by Gasteiger charge is 2.18. The van der Waals surface area contributed by atoms with Gasteiger partial charge in [-0.3, -0.25) is 14.9 Å². The minimum atomic E-state index is -0.555. The average Bonchev–Trinajstić information content (AvgIpc) is 2.43. The molecule has 0 aromatic heterocycles. The fourth-order valence-electron chi connectivity index (χ4n) is 1.48. The Morgan fingerprint density at radius 1 is 1.63 bits per heavy atom. The molecule has 0 aliphatic rings. The lowest BCUT2D eigenvalue weighted by Gasteiger charge is -2.12. The highest BCUT2D eigenvalue weighted by molar-refractivity contribution is 5.97. The lowest BCUT2D eigenvalue weighted by molar-refractivity contribution is -0.384. The first-order valence-electron chi connectivity index (χ1n) is 5.62. The number of nitrogens with zero attached hydrogens (tertiary/aromatic N) is 1. The number of nitro groups is 1. The van der Waals surface area contributed by atoms with Crippen molar-refractivity contribution < 1.29 is 14.5 Å². The van der Waals surface area contributed by atoms with Crippen molar-refractivity contribution in [2.45, 2.75) is 19.4 Å². The predicted molar refractivity (Wildman–Crippen MR) is 70.0 cm³/mol. The number of nitro benzene ring substituents is 1. The second-order valence-corrected chi connectivity index (χ2v) is 3.74. The molecule has 100 valence electrons. The Balaban J connectivity index is 3.04. The van der Waals surface area contributed by atoms with E-state index in [2.05, 4.69) is 11.2 Å². The molecule has 1 atom stereocenters. The molecule has 1 aromatic rings. The van der Waals surface area contributed by atoms with Gasteiger partial charge in [0.05, 0.1) is 29.7 Å². The molecule has 1 rings (SSSR count). The number of hydrogen-bond acceptors (Lipinski definition) is 4. The van der Waals surface area contributed by atoms with E-state index in [-0.39, 0.29) is 23.0 Å². The first kappa shape index (κ1) is 14.5. The molecule has 0 heterocycles. The van der Waals surface area contributed by atoms with E-state index in [1.54, 1.807) is 0 Å². The maximum atomic E-state index is 12.0. The standard InChI is InChI=1S/C13H14N2O4/c1-4-9(5-2)14-13(16)11-7-6-10(15(17)18)8-12(11)19-3/h1,6-9H,5H2,2-3H3,(H,14,16). The Hall–Kier alpha value is -2.55. The molecule has 1 aromatic carbocycles. The van der Waals surface area contributed by atoms with Crippen LogP contribution in [0.5, 0.6) is 5.75 Å². The normalized spacial score (nSPS) is 11.2. The van der Waals surface area contributed by atoms with Crippen molar-refractivity contribution in [3.05, 3.63) is 33.9 Å². The highest BCUT2D eigenvalue weighted by atomic mass is 16.6. The summed E-state index contributed by atoms with van der Waals surface area (Å²) in [6.07, 6.45) is 5.85. The van der Waals surface area contributed by atoms with Crippen LogP contribution in [0.3, 0.4) is 0 Å². The Bertz CT molecular complexity index is 534. The summed E-state index contributed by atoms with van der Waals surface area (Å²) in [6, 6.07) is 3.41. The number of terminal acetylenes is 1. The zero-order valence-electron chi connectivity index (χ0n) is 10.7. The molecule has 0 saturated heterocycles. The Labute approximate surface area is 110 Å². The van der Waals surface area contributed by atoms with Crippen molar-refractivity contribution in [3.8, 4) is 18.1 Å². The third-order valence-electron chi connectivity index (χ3n) is 2.56. The van der Waals surface area contributed by atoms with Crippen molar-refractivity contribution in [2.75, 3.05) is 7.11 Å². The maximum absolute atomic E-state index is 12.0.